The van der Waals surface area contributed by atoms with Crippen LogP contribution in [0.2, 0.25) is 0 Å². The summed E-state index contributed by atoms with van der Waals surface area (Å²) in [6.45, 7) is 1.79. The smallest absolute Gasteiger partial charge is 0.102 e. The largest absolute Gasteiger partial charge is 0.397 e. The number of hydrogen-bond donors (Lipinski definition) is 3. The molecule has 1 aliphatic carbocycles. The lowest BCUT2D eigenvalue weighted by molar-refractivity contribution is 1.36. The molecule has 0 aliphatic heterocycles. The average Bonchev–Trinajstić information content (AvgIpc) is 1.93. The highest BCUT2D eigenvalue weighted by atomic mass is 14.7. The molecule has 0 unspecified atom stereocenters. The van der Waals surface area contributed by atoms with Crippen LogP contribution in [0.1, 0.15) is 6.92 Å². The van der Waals surface area contributed by atoms with E-state index in [-0.39, 0.29) is 11.4 Å². The Hall–Kier alpha value is -1.38. The second-order valence-corrected chi connectivity index (χ2v) is 2.22. The van der Waals surface area contributed by atoms with E-state index >= 15 is 0 Å². The van der Waals surface area contributed by atoms with Crippen molar-refractivity contribution in [3.05, 3.63) is 23.4 Å². The number of rotatable bonds is 0. The Balaban J connectivity index is 3.09. The molecule has 3 nitrogen and oxygen atoms in total. The highest BCUT2D eigenvalue weighted by Gasteiger charge is 2.12. The van der Waals surface area contributed by atoms with Crippen molar-refractivity contribution in [3.8, 4) is 0 Å². The standard InChI is InChI=1S/C7H9N3/c1-4-2-3-5(8)7(10)6(4)9/h2-3,9-10H,8H2,1H3. The number of allylic oxidation sites excluding steroid dienone is 4. The Morgan fingerprint density at radius 1 is 1.20 bits per heavy atom. The predicted octanol–water partition coefficient (Wildman–Crippen LogP) is 0.828. The number of nitrogens with one attached hydrogen (secondary N) is 2. The van der Waals surface area contributed by atoms with E-state index in [1.165, 1.54) is 0 Å². The van der Waals surface area contributed by atoms with Crippen molar-refractivity contribution in [2.75, 3.05) is 0 Å². The molecule has 4 N–H and O–H groups in total. The minimum absolute atomic E-state index is 0.125. The summed E-state index contributed by atoms with van der Waals surface area (Å²) in [7, 11) is 0. The van der Waals surface area contributed by atoms with Gasteiger partial charge >= 0.3 is 0 Å². The van der Waals surface area contributed by atoms with Crippen molar-refractivity contribution in [2.24, 2.45) is 5.73 Å². The Morgan fingerprint density at radius 3 is 2.30 bits per heavy atom. The van der Waals surface area contributed by atoms with Crippen LogP contribution >= 0.6 is 0 Å². The van der Waals surface area contributed by atoms with Crippen LogP contribution in [0.5, 0.6) is 0 Å². The minimum atomic E-state index is 0.125. The Kier molecular flexibility index (Phi) is 1.41. The Labute approximate surface area is 59.3 Å². The summed E-state index contributed by atoms with van der Waals surface area (Å²) < 4.78 is 0. The monoisotopic (exact) mass is 135 g/mol. The van der Waals surface area contributed by atoms with Gasteiger partial charge in [0.2, 0.25) is 0 Å². The number of nitrogens with two attached hydrogens (primary N) is 1. The topological polar surface area (TPSA) is 73.7 Å². The quantitative estimate of drug-likeness (QED) is 0.423. The van der Waals surface area contributed by atoms with E-state index in [0.29, 0.717) is 5.70 Å². The zero-order chi connectivity index (χ0) is 7.72. The second kappa shape index (κ2) is 2.10. The molecule has 0 radical (unpaired) electrons. The van der Waals surface area contributed by atoms with Gasteiger partial charge < -0.3 is 5.73 Å². The normalized spacial score (nSPS) is 18.5. The zero-order valence-electron chi connectivity index (χ0n) is 5.73. The van der Waals surface area contributed by atoms with Crippen LogP contribution in [0.4, 0.5) is 0 Å². The van der Waals surface area contributed by atoms with Crippen LogP contribution in [-0.4, -0.2) is 11.4 Å². The van der Waals surface area contributed by atoms with Gasteiger partial charge in [0.1, 0.15) is 5.71 Å². The van der Waals surface area contributed by atoms with E-state index in [1.54, 1.807) is 19.1 Å². The van der Waals surface area contributed by atoms with Crippen molar-refractivity contribution in [1.29, 1.82) is 10.8 Å². The van der Waals surface area contributed by atoms with Crippen LogP contribution in [0, 0.1) is 10.8 Å². The van der Waals surface area contributed by atoms with Gasteiger partial charge in [-0.15, -0.1) is 0 Å². The van der Waals surface area contributed by atoms with Crippen LogP contribution in [0.25, 0.3) is 0 Å². The van der Waals surface area contributed by atoms with Gasteiger partial charge in [-0.1, -0.05) is 6.08 Å². The summed E-state index contributed by atoms with van der Waals surface area (Å²) in [6, 6.07) is 0. The lowest BCUT2D eigenvalue weighted by atomic mass is 10.0. The Bertz CT molecular complexity index is 222. The van der Waals surface area contributed by atoms with E-state index in [9.17, 15) is 0 Å². The minimum Gasteiger partial charge on any atom is -0.397 e. The molecule has 0 fully saturated rings. The molecule has 0 saturated carbocycles. The molecule has 0 heterocycles. The second-order valence-electron chi connectivity index (χ2n) is 2.22. The van der Waals surface area contributed by atoms with Crippen LogP contribution < -0.4 is 5.73 Å². The fourth-order valence-electron chi connectivity index (χ4n) is 0.723. The van der Waals surface area contributed by atoms with Gasteiger partial charge in [0, 0.05) is 0 Å². The van der Waals surface area contributed by atoms with E-state index in [1.807, 2.05) is 0 Å². The first-order valence-electron chi connectivity index (χ1n) is 2.95. The molecule has 0 aromatic carbocycles. The molecule has 0 bridgehead atoms. The van der Waals surface area contributed by atoms with E-state index in [0.717, 1.165) is 5.57 Å². The average molecular weight is 135 g/mol. The maximum absolute atomic E-state index is 7.32. The van der Waals surface area contributed by atoms with E-state index in [2.05, 4.69) is 0 Å². The molecule has 1 aliphatic rings. The molecule has 0 aromatic heterocycles. The van der Waals surface area contributed by atoms with Gasteiger partial charge in [-0.3, -0.25) is 10.8 Å². The molecule has 0 atom stereocenters. The van der Waals surface area contributed by atoms with Gasteiger partial charge in [-0.2, -0.15) is 0 Å². The van der Waals surface area contributed by atoms with Gasteiger partial charge in [0.25, 0.3) is 0 Å². The Morgan fingerprint density at radius 2 is 1.80 bits per heavy atom. The third kappa shape index (κ3) is 0.857. The summed E-state index contributed by atoms with van der Waals surface area (Å²) in [5.41, 5.74) is 6.89. The lowest BCUT2D eigenvalue weighted by Crippen LogP contribution is -2.23. The zero-order valence-corrected chi connectivity index (χ0v) is 5.73. The van der Waals surface area contributed by atoms with E-state index < -0.39 is 0 Å². The highest BCUT2D eigenvalue weighted by Crippen LogP contribution is 2.07. The summed E-state index contributed by atoms with van der Waals surface area (Å²) in [6.07, 6.45) is 3.39. The lowest BCUT2D eigenvalue weighted by Gasteiger charge is -2.09. The maximum Gasteiger partial charge on any atom is 0.102 e. The summed E-state index contributed by atoms with van der Waals surface area (Å²) in [5, 5.41) is 14.6. The summed E-state index contributed by atoms with van der Waals surface area (Å²) in [4.78, 5) is 0. The first-order chi connectivity index (χ1) is 4.63. The molecule has 0 saturated heterocycles. The summed E-state index contributed by atoms with van der Waals surface area (Å²) >= 11 is 0. The van der Waals surface area contributed by atoms with Crippen molar-refractivity contribution in [1.82, 2.24) is 0 Å². The van der Waals surface area contributed by atoms with Crippen molar-refractivity contribution in [2.45, 2.75) is 6.92 Å². The third-order valence-corrected chi connectivity index (χ3v) is 1.45. The first kappa shape index (κ1) is 6.74. The molecular weight excluding hydrogens is 126 g/mol. The molecule has 10 heavy (non-hydrogen) atoms. The fourth-order valence-corrected chi connectivity index (χ4v) is 0.723. The SMILES string of the molecule is CC1=CC=C(N)C(=N)C1=N. The highest BCUT2D eigenvalue weighted by molar-refractivity contribution is 6.51. The van der Waals surface area contributed by atoms with Gasteiger partial charge in [-0.05, 0) is 18.6 Å². The fraction of sp³-hybridized carbons (Fsp3) is 0.143. The molecule has 0 spiro atoms. The van der Waals surface area contributed by atoms with Gasteiger partial charge in [0.05, 0.1) is 11.4 Å². The van der Waals surface area contributed by atoms with Crippen molar-refractivity contribution >= 4 is 11.4 Å². The molecule has 0 aromatic rings. The summed E-state index contributed by atoms with van der Waals surface area (Å²) in [5.74, 6) is 0. The van der Waals surface area contributed by atoms with Crippen molar-refractivity contribution < 1.29 is 0 Å². The van der Waals surface area contributed by atoms with E-state index in [4.69, 9.17) is 16.6 Å². The molecule has 3 heteroatoms. The van der Waals surface area contributed by atoms with Crippen LogP contribution in [-0.2, 0) is 0 Å². The van der Waals surface area contributed by atoms with Gasteiger partial charge in [0.15, 0.2) is 0 Å². The number of hydrogen-bond acceptors (Lipinski definition) is 3. The molecular formula is C7H9N3. The van der Waals surface area contributed by atoms with Gasteiger partial charge in [-0.25, -0.2) is 0 Å². The predicted molar refractivity (Wildman–Crippen MR) is 41.5 cm³/mol. The van der Waals surface area contributed by atoms with Crippen LogP contribution in [0.15, 0.2) is 23.4 Å². The first-order valence-corrected chi connectivity index (χ1v) is 2.95. The molecule has 0 amide bonds. The van der Waals surface area contributed by atoms with Crippen molar-refractivity contribution in [3.63, 3.8) is 0 Å². The molecule has 1 rings (SSSR count). The maximum atomic E-state index is 7.32. The molecule has 52 valence electrons. The third-order valence-electron chi connectivity index (χ3n) is 1.45. The van der Waals surface area contributed by atoms with Crippen LogP contribution in [0.3, 0.4) is 0 Å².